The topological polar surface area (TPSA) is 121 Å². The second-order valence-electron chi connectivity index (χ2n) is 7.23. The highest BCUT2D eigenvalue weighted by Gasteiger charge is 2.18. The van der Waals surface area contributed by atoms with Crippen molar-refractivity contribution in [3.05, 3.63) is 82.1 Å². The summed E-state index contributed by atoms with van der Waals surface area (Å²) >= 11 is 0. The van der Waals surface area contributed by atoms with E-state index in [1.165, 1.54) is 18.2 Å². The number of nitrogens with zero attached hydrogens (tertiary/aromatic N) is 1. The Bertz CT molecular complexity index is 1110. The number of carbonyl (C=O) groups excluding carboxylic acids is 2. The van der Waals surface area contributed by atoms with Gasteiger partial charge in [0.1, 0.15) is 12.4 Å². The Kier molecular flexibility index (Phi) is 6.27. The van der Waals surface area contributed by atoms with Crippen molar-refractivity contribution in [2.45, 2.75) is 18.9 Å². The third-order valence-corrected chi connectivity index (χ3v) is 5.00. The summed E-state index contributed by atoms with van der Waals surface area (Å²) in [4.78, 5) is 34.9. The first-order chi connectivity index (χ1) is 15.5. The number of amides is 1. The van der Waals surface area contributed by atoms with Crippen molar-refractivity contribution in [1.82, 2.24) is 0 Å². The average molecular weight is 436 g/mol. The van der Waals surface area contributed by atoms with Crippen LogP contribution in [0, 0.1) is 10.1 Å². The number of hydrogen-bond donors (Lipinski definition) is 1. The predicted molar refractivity (Wildman–Crippen MR) is 114 cm³/mol. The van der Waals surface area contributed by atoms with Crippen molar-refractivity contribution in [3.63, 3.8) is 0 Å². The number of nitrogens with one attached hydrogen (secondary N) is 1. The van der Waals surface area contributed by atoms with E-state index in [4.69, 9.17) is 13.9 Å². The number of nitro groups is 1. The Morgan fingerprint density at radius 3 is 2.47 bits per heavy atom. The van der Waals surface area contributed by atoms with Crippen LogP contribution >= 0.6 is 0 Å². The van der Waals surface area contributed by atoms with Crippen LogP contribution < -0.4 is 5.32 Å². The van der Waals surface area contributed by atoms with Gasteiger partial charge in [0.25, 0.3) is 11.6 Å². The molecule has 164 valence electrons. The largest absolute Gasteiger partial charge is 0.459 e. The van der Waals surface area contributed by atoms with Gasteiger partial charge in [-0.25, -0.2) is 4.79 Å². The molecule has 2 heterocycles. The van der Waals surface area contributed by atoms with E-state index >= 15 is 0 Å². The fourth-order valence-electron chi connectivity index (χ4n) is 3.27. The van der Waals surface area contributed by atoms with Gasteiger partial charge in [0.15, 0.2) is 5.76 Å². The van der Waals surface area contributed by atoms with E-state index in [1.54, 1.807) is 42.5 Å². The number of rotatable bonds is 7. The maximum atomic E-state index is 12.5. The molecule has 1 atom stereocenters. The van der Waals surface area contributed by atoms with Gasteiger partial charge in [-0.15, -0.1) is 0 Å². The van der Waals surface area contributed by atoms with E-state index in [0.717, 1.165) is 12.8 Å². The number of furan rings is 1. The molecular weight excluding hydrogens is 416 g/mol. The molecule has 0 spiro atoms. The van der Waals surface area contributed by atoms with Crippen LogP contribution in [0.2, 0.25) is 0 Å². The molecule has 1 unspecified atom stereocenters. The summed E-state index contributed by atoms with van der Waals surface area (Å²) in [5.41, 5.74) is 1.44. The molecule has 9 nitrogen and oxygen atoms in total. The second-order valence-corrected chi connectivity index (χ2v) is 7.23. The SMILES string of the molecule is O=C(OCC1CCCO1)c1ccc(NC(=O)c2ccc(-c3ccc([N+](=O)[O-])cc3)o2)cc1. The van der Waals surface area contributed by atoms with E-state index in [-0.39, 0.29) is 24.2 Å². The normalized spacial score (nSPS) is 15.3. The minimum absolute atomic E-state index is 0.0301. The van der Waals surface area contributed by atoms with Crippen LogP contribution in [0.25, 0.3) is 11.3 Å². The minimum Gasteiger partial charge on any atom is -0.459 e. The van der Waals surface area contributed by atoms with E-state index in [9.17, 15) is 19.7 Å². The van der Waals surface area contributed by atoms with Gasteiger partial charge in [-0.05, 0) is 61.4 Å². The molecule has 1 amide bonds. The molecule has 4 rings (SSSR count). The van der Waals surface area contributed by atoms with Crippen LogP contribution in [0.5, 0.6) is 0 Å². The molecule has 3 aromatic rings. The van der Waals surface area contributed by atoms with Crippen molar-refractivity contribution < 1.29 is 28.4 Å². The Labute approximate surface area is 183 Å². The zero-order chi connectivity index (χ0) is 22.5. The van der Waals surface area contributed by atoms with Crippen LogP contribution in [0.15, 0.2) is 65.1 Å². The van der Waals surface area contributed by atoms with Crippen LogP contribution in [0.1, 0.15) is 33.8 Å². The van der Waals surface area contributed by atoms with Gasteiger partial charge in [0, 0.05) is 30.0 Å². The van der Waals surface area contributed by atoms with E-state index in [0.29, 0.717) is 29.2 Å². The first kappa shape index (κ1) is 21.3. The van der Waals surface area contributed by atoms with Crippen LogP contribution in [0.4, 0.5) is 11.4 Å². The highest BCUT2D eigenvalue weighted by Crippen LogP contribution is 2.25. The molecule has 1 aliphatic rings. The number of carbonyl (C=O) groups is 2. The van der Waals surface area contributed by atoms with Gasteiger partial charge in [0.2, 0.25) is 0 Å². The maximum Gasteiger partial charge on any atom is 0.338 e. The third-order valence-electron chi connectivity index (χ3n) is 5.00. The van der Waals surface area contributed by atoms with Crippen LogP contribution in [-0.4, -0.2) is 36.1 Å². The summed E-state index contributed by atoms with van der Waals surface area (Å²) in [6, 6.07) is 15.3. The lowest BCUT2D eigenvalue weighted by molar-refractivity contribution is -0.384. The number of hydrogen-bond acceptors (Lipinski definition) is 7. The van der Waals surface area contributed by atoms with Gasteiger partial charge >= 0.3 is 5.97 Å². The molecule has 0 bridgehead atoms. The minimum atomic E-state index is -0.486. The molecule has 1 N–H and O–H groups in total. The smallest absolute Gasteiger partial charge is 0.338 e. The van der Waals surface area contributed by atoms with Gasteiger partial charge in [-0.1, -0.05) is 0 Å². The number of esters is 1. The van der Waals surface area contributed by atoms with Crippen molar-refractivity contribution in [1.29, 1.82) is 0 Å². The van der Waals surface area contributed by atoms with Crippen molar-refractivity contribution in [2.75, 3.05) is 18.5 Å². The van der Waals surface area contributed by atoms with Crippen LogP contribution in [-0.2, 0) is 9.47 Å². The van der Waals surface area contributed by atoms with Crippen molar-refractivity contribution >= 4 is 23.3 Å². The Balaban J connectivity index is 1.34. The molecule has 0 saturated carbocycles. The second kappa shape index (κ2) is 9.44. The third kappa shape index (κ3) is 5.01. The molecule has 9 heteroatoms. The van der Waals surface area contributed by atoms with Crippen LogP contribution in [0.3, 0.4) is 0 Å². The Morgan fingerprint density at radius 2 is 1.81 bits per heavy atom. The molecule has 2 aromatic carbocycles. The fraction of sp³-hybridized carbons (Fsp3) is 0.217. The summed E-state index contributed by atoms with van der Waals surface area (Å²) < 4.78 is 16.3. The summed E-state index contributed by atoms with van der Waals surface area (Å²) in [5.74, 6) is -0.420. The lowest BCUT2D eigenvalue weighted by atomic mass is 10.1. The summed E-state index contributed by atoms with van der Waals surface area (Å²) in [6.45, 7) is 0.925. The molecule has 1 aliphatic heterocycles. The average Bonchev–Trinajstić information content (AvgIpc) is 3.50. The Hall–Kier alpha value is -3.98. The summed E-state index contributed by atoms with van der Waals surface area (Å²) in [6.07, 6.45) is 1.82. The van der Waals surface area contributed by atoms with Crippen molar-refractivity contribution in [3.8, 4) is 11.3 Å². The van der Waals surface area contributed by atoms with Crippen molar-refractivity contribution in [2.24, 2.45) is 0 Å². The van der Waals surface area contributed by atoms with E-state index < -0.39 is 16.8 Å². The zero-order valence-corrected chi connectivity index (χ0v) is 17.0. The molecular formula is C23H20N2O7. The molecule has 32 heavy (non-hydrogen) atoms. The van der Waals surface area contributed by atoms with Gasteiger partial charge in [0.05, 0.1) is 16.6 Å². The molecule has 1 fully saturated rings. The highest BCUT2D eigenvalue weighted by atomic mass is 16.6. The predicted octanol–water partition coefficient (Wildman–Crippen LogP) is 4.44. The van der Waals surface area contributed by atoms with E-state index in [2.05, 4.69) is 5.32 Å². The van der Waals surface area contributed by atoms with Gasteiger partial charge < -0.3 is 19.2 Å². The summed E-state index contributed by atoms with van der Waals surface area (Å²) in [7, 11) is 0. The standard InChI is InChI=1S/C23H20N2O7/c26-22(21-12-11-20(32-21)15-5-9-18(10-6-15)25(28)29)24-17-7-3-16(4-8-17)23(27)31-14-19-2-1-13-30-19/h3-12,19H,1-2,13-14H2,(H,24,26). The summed E-state index contributed by atoms with van der Waals surface area (Å²) in [5, 5.41) is 13.5. The van der Waals surface area contributed by atoms with E-state index in [1.807, 2.05) is 0 Å². The molecule has 1 saturated heterocycles. The number of ether oxygens (including phenoxy) is 2. The molecule has 1 aromatic heterocycles. The lowest BCUT2D eigenvalue weighted by Gasteiger charge is -2.10. The lowest BCUT2D eigenvalue weighted by Crippen LogP contribution is -2.18. The number of benzene rings is 2. The molecule has 0 aliphatic carbocycles. The number of nitro benzene ring substituents is 1. The monoisotopic (exact) mass is 436 g/mol. The maximum absolute atomic E-state index is 12.5. The quantitative estimate of drug-likeness (QED) is 0.330. The number of non-ortho nitro benzene ring substituents is 1. The molecule has 0 radical (unpaired) electrons. The fourth-order valence-corrected chi connectivity index (χ4v) is 3.27. The Morgan fingerprint density at radius 1 is 1.06 bits per heavy atom. The number of anilines is 1. The van der Waals surface area contributed by atoms with Gasteiger partial charge in [-0.3, -0.25) is 14.9 Å². The highest BCUT2D eigenvalue weighted by molar-refractivity contribution is 6.02. The zero-order valence-electron chi connectivity index (χ0n) is 17.0. The first-order valence-electron chi connectivity index (χ1n) is 10.0. The first-order valence-corrected chi connectivity index (χ1v) is 10.0. The van der Waals surface area contributed by atoms with Gasteiger partial charge in [-0.2, -0.15) is 0 Å².